The van der Waals surface area contributed by atoms with Gasteiger partial charge in [0.1, 0.15) is 5.58 Å². The lowest BCUT2D eigenvalue weighted by molar-refractivity contribution is 0.332. The van der Waals surface area contributed by atoms with Crippen LogP contribution in [0.15, 0.2) is 138 Å². The van der Waals surface area contributed by atoms with E-state index in [0.29, 0.717) is 0 Å². The minimum absolute atomic E-state index is 0.0214. The molecule has 1 aliphatic carbocycles. The minimum Gasteiger partial charge on any atom is -0.454 e. The predicted octanol–water partition coefficient (Wildman–Crippen LogP) is 13.6. The molecule has 0 amide bonds. The molecule has 296 valence electrons. The van der Waals surface area contributed by atoms with Crippen LogP contribution in [0, 0.1) is 13.8 Å². The first-order chi connectivity index (χ1) is 28.7. The van der Waals surface area contributed by atoms with E-state index in [0.717, 1.165) is 40.5 Å². The Morgan fingerprint density at radius 3 is 1.90 bits per heavy atom. The normalized spacial score (nSPS) is 16.1. The highest BCUT2D eigenvalue weighted by Gasteiger charge is 2.47. The third kappa shape index (κ3) is 5.42. The zero-order chi connectivity index (χ0) is 41.5. The highest BCUT2D eigenvalue weighted by atomic mass is 16.3. The summed E-state index contributed by atoms with van der Waals surface area (Å²) in [6.45, 7) is 21.3. The summed E-state index contributed by atoms with van der Waals surface area (Å²) in [4.78, 5) is 5.15. The van der Waals surface area contributed by atoms with Crippen LogP contribution in [0.4, 0.5) is 34.1 Å². The van der Waals surface area contributed by atoms with Gasteiger partial charge < -0.3 is 14.2 Å². The van der Waals surface area contributed by atoms with Crippen LogP contribution in [0.1, 0.15) is 89.1 Å². The fourth-order valence-electron chi connectivity index (χ4n) is 10.8. The van der Waals surface area contributed by atoms with Crippen LogP contribution in [0.2, 0.25) is 0 Å². The molecule has 3 aliphatic rings. The van der Waals surface area contributed by atoms with Gasteiger partial charge in [-0.05, 0) is 141 Å². The maximum atomic E-state index is 6.89. The summed E-state index contributed by atoms with van der Waals surface area (Å²) in [5.74, 6) is 0. The van der Waals surface area contributed by atoms with Crippen molar-refractivity contribution in [3.63, 3.8) is 0 Å². The molecule has 8 aromatic rings. The molecule has 0 saturated heterocycles. The number of hydrogen-bond acceptors (Lipinski definition) is 3. The summed E-state index contributed by atoms with van der Waals surface area (Å²) < 4.78 is 6.89. The number of rotatable bonds is 3. The van der Waals surface area contributed by atoms with E-state index in [-0.39, 0.29) is 23.0 Å². The van der Waals surface area contributed by atoms with E-state index in [1.807, 2.05) is 0 Å². The Morgan fingerprint density at radius 1 is 0.533 bits per heavy atom. The van der Waals surface area contributed by atoms with Gasteiger partial charge in [0.15, 0.2) is 5.58 Å². The van der Waals surface area contributed by atoms with Gasteiger partial charge >= 0.3 is 0 Å². The molecule has 3 nitrogen and oxygen atoms in total. The summed E-state index contributed by atoms with van der Waals surface area (Å²) in [5.41, 5.74) is 22.5. The molecule has 0 unspecified atom stereocenters. The fourth-order valence-corrected chi connectivity index (χ4v) is 10.8. The van der Waals surface area contributed by atoms with Gasteiger partial charge in [0.05, 0.1) is 5.69 Å². The molecule has 7 aromatic carbocycles. The summed E-state index contributed by atoms with van der Waals surface area (Å²) in [6.07, 6.45) is 2.32. The van der Waals surface area contributed by atoms with Crippen LogP contribution in [0.3, 0.4) is 0 Å². The maximum Gasteiger partial charge on any atom is 0.252 e. The van der Waals surface area contributed by atoms with Crippen molar-refractivity contribution in [3.8, 4) is 11.1 Å². The molecule has 0 bridgehead atoms. The molecule has 0 atom stereocenters. The highest BCUT2D eigenvalue weighted by Crippen LogP contribution is 2.52. The lowest BCUT2D eigenvalue weighted by Crippen LogP contribution is -2.62. The molecule has 0 N–H and O–H groups in total. The summed E-state index contributed by atoms with van der Waals surface area (Å²) >= 11 is 0. The van der Waals surface area contributed by atoms with Gasteiger partial charge in [-0.2, -0.15) is 0 Å². The topological polar surface area (TPSA) is 19.6 Å². The number of anilines is 6. The monoisotopic (exact) mass is 780 g/mol. The molecule has 3 heterocycles. The highest BCUT2D eigenvalue weighted by molar-refractivity contribution is 7.00. The number of nitrogens with zero attached hydrogens (tertiary/aromatic N) is 2. The lowest BCUT2D eigenvalue weighted by Gasteiger charge is -2.47. The molecular formula is C56H53BN2O. The predicted molar refractivity (Wildman–Crippen MR) is 257 cm³/mol. The molecule has 0 radical (unpaired) electrons. The summed E-state index contributed by atoms with van der Waals surface area (Å²) in [7, 11) is 0. The minimum atomic E-state index is 0.0214. The number of benzene rings is 7. The van der Waals surface area contributed by atoms with E-state index in [9.17, 15) is 0 Å². The van der Waals surface area contributed by atoms with Crippen LogP contribution in [-0.4, -0.2) is 6.71 Å². The van der Waals surface area contributed by atoms with Crippen molar-refractivity contribution >= 4 is 79.2 Å². The Balaban J connectivity index is 1.27. The van der Waals surface area contributed by atoms with Gasteiger partial charge in [-0.15, -0.1) is 0 Å². The first-order valence-corrected chi connectivity index (χ1v) is 21.8. The second-order valence-electron chi connectivity index (χ2n) is 20.2. The molecule has 0 saturated carbocycles. The van der Waals surface area contributed by atoms with Gasteiger partial charge in [0.25, 0.3) is 6.71 Å². The van der Waals surface area contributed by atoms with Gasteiger partial charge in [-0.1, -0.05) is 139 Å². The van der Waals surface area contributed by atoms with E-state index in [1.165, 1.54) is 83.8 Å². The molecule has 60 heavy (non-hydrogen) atoms. The first kappa shape index (κ1) is 37.0. The third-order valence-electron chi connectivity index (χ3n) is 14.2. The number of fused-ring (bicyclic) bond motifs is 8. The zero-order valence-electron chi connectivity index (χ0n) is 36.5. The van der Waals surface area contributed by atoms with Crippen molar-refractivity contribution in [3.05, 3.63) is 161 Å². The smallest absolute Gasteiger partial charge is 0.252 e. The Hall–Kier alpha value is -6.00. The maximum absolute atomic E-state index is 6.89. The van der Waals surface area contributed by atoms with Crippen LogP contribution in [0.25, 0.3) is 33.1 Å². The van der Waals surface area contributed by atoms with Crippen LogP contribution in [-0.2, 0) is 16.2 Å². The van der Waals surface area contributed by atoms with Crippen LogP contribution in [0.5, 0.6) is 0 Å². The molecule has 0 spiro atoms. The molecule has 11 rings (SSSR count). The van der Waals surface area contributed by atoms with Crippen molar-refractivity contribution in [2.75, 3.05) is 9.80 Å². The number of furan rings is 1. The Bertz CT molecular complexity index is 3070. The van der Waals surface area contributed by atoms with Crippen LogP contribution < -0.4 is 26.2 Å². The van der Waals surface area contributed by atoms with E-state index < -0.39 is 0 Å². The van der Waals surface area contributed by atoms with Gasteiger partial charge in [-0.3, -0.25) is 0 Å². The zero-order valence-corrected chi connectivity index (χ0v) is 36.5. The summed E-state index contributed by atoms with van der Waals surface area (Å²) in [5, 5.41) is 2.29. The standard InChI is InChI=1S/C56H53BN2O/c1-34-28-49-52-50(29-34)59(46-20-15-19-40-39-18-13-14-21-51(39)60-53(40)46)48-33-42-41(55(6,7)26-27-56(42,8)9)32-44(48)57(52)43-24-22-37(36-16-11-10-12-17-36)31-47(43)58(49)45-25-23-38(30-35(45)2)54(3,4)5/h10-25,28-33H,26-27H2,1-9H3. The number of aryl methyl sites for hydroxylation is 2. The second kappa shape index (κ2) is 12.8. The first-order valence-electron chi connectivity index (χ1n) is 21.8. The second-order valence-corrected chi connectivity index (χ2v) is 20.2. The van der Waals surface area contributed by atoms with Crippen molar-refractivity contribution in [2.45, 2.75) is 91.4 Å². The molecule has 0 fully saturated rings. The Labute approximate surface area is 355 Å². The lowest BCUT2D eigenvalue weighted by atomic mass is 9.33. The quantitative estimate of drug-likeness (QED) is 0.167. The molecular weight excluding hydrogens is 727 g/mol. The van der Waals surface area contributed by atoms with Crippen molar-refractivity contribution in [1.82, 2.24) is 0 Å². The van der Waals surface area contributed by atoms with Gasteiger partial charge in [-0.25, -0.2) is 0 Å². The summed E-state index contributed by atoms with van der Waals surface area (Å²) in [6, 6.07) is 50.5. The Kier molecular flexibility index (Phi) is 7.87. The SMILES string of the molecule is Cc1cc2c3c(c1)N(c1cccc4c1oc1ccccc14)c1cc4c(cc1B3c1ccc(-c3ccccc3)cc1N2c1ccc(C(C)(C)C)cc1C)C(C)(C)CCC4(C)C. The molecule has 2 aliphatic heterocycles. The van der Waals surface area contributed by atoms with Crippen molar-refractivity contribution in [2.24, 2.45) is 0 Å². The Morgan fingerprint density at radius 2 is 1.18 bits per heavy atom. The molecule has 4 heteroatoms. The number of hydrogen-bond donors (Lipinski definition) is 0. The van der Waals surface area contributed by atoms with Crippen molar-refractivity contribution in [1.29, 1.82) is 0 Å². The molecule has 1 aromatic heterocycles. The largest absolute Gasteiger partial charge is 0.454 e. The fraction of sp³-hybridized carbons (Fsp3) is 0.250. The van der Waals surface area contributed by atoms with E-state index in [4.69, 9.17) is 4.42 Å². The average Bonchev–Trinajstić information content (AvgIpc) is 3.61. The van der Waals surface area contributed by atoms with Gasteiger partial charge in [0, 0.05) is 39.2 Å². The van der Waals surface area contributed by atoms with E-state index in [1.54, 1.807) is 0 Å². The van der Waals surface area contributed by atoms with E-state index in [2.05, 4.69) is 206 Å². The van der Waals surface area contributed by atoms with E-state index >= 15 is 0 Å². The average molecular weight is 781 g/mol. The van der Waals surface area contributed by atoms with Crippen molar-refractivity contribution < 1.29 is 4.42 Å². The van der Waals surface area contributed by atoms with Gasteiger partial charge in [0.2, 0.25) is 0 Å². The third-order valence-corrected chi connectivity index (χ3v) is 14.2. The van der Waals surface area contributed by atoms with Crippen LogP contribution >= 0.6 is 0 Å². The number of para-hydroxylation sites is 2.